The molecule has 0 radical (unpaired) electrons. The summed E-state index contributed by atoms with van der Waals surface area (Å²) in [6.07, 6.45) is 1.60. The molecule has 154 valence electrons. The van der Waals surface area contributed by atoms with Crippen LogP contribution in [0.15, 0.2) is 48.2 Å². The Morgan fingerprint density at radius 2 is 2.10 bits per heavy atom. The first-order valence-corrected chi connectivity index (χ1v) is 9.76. The Kier molecular flexibility index (Phi) is 5.71. The summed E-state index contributed by atoms with van der Waals surface area (Å²) in [5.41, 5.74) is 1.36. The van der Waals surface area contributed by atoms with E-state index < -0.39 is 11.6 Å². The van der Waals surface area contributed by atoms with E-state index >= 15 is 0 Å². The van der Waals surface area contributed by atoms with E-state index in [-0.39, 0.29) is 37.5 Å². The van der Waals surface area contributed by atoms with Gasteiger partial charge in [0.15, 0.2) is 0 Å². The van der Waals surface area contributed by atoms with E-state index in [1.807, 2.05) is 26.8 Å². The Labute approximate surface area is 175 Å². The standard InChI is InChI=1S/C21H25ClN4O3/c1-5-9-26-15-11-25(12-16(27)24-21(2,3)4)19(28)17(15)18(23-20(26)29)13-7-6-8-14(22)10-13/h5-8,10,18H,1,9,11-12H2,2-4H3,(H,23,29)(H,24,27)/t18-/m1/s1. The molecule has 0 saturated heterocycles. The van der Waals surface area contributed by atoms with Gasteiger partial charge in [-0.15, -0.1) is 6.58 Å². The van der Waals surface area contributed by atoms with Gasteiger partial charge in [0.05, 0.1) is 23.9 Å². The number of urea groups is 1. The van der Waals surface area contributed by atoms with Crippen molar-refractivity contribution in [2.75, 3.05) is 19.6 Å². The van der Waals surface area contributed by atoms with Crippen molar-refractivity contribution in [3.63, 3.8) is 0 Å². The average Bonchev–Trinajstić information content (AvgIpc) is 2.92. The van der Waals surface area contributed by atoms with Crippen LogP contribution in [-0.2, 0) is 9.59 Å². The zero-order valence-electron chi connectivity index (χ0n) is 16.8. The summed E-state index contributed by atoms with van der Waals surface area (Å²) in [6, 6.07) is 6.10. The fourth-order valence-corrected chi connectivity index (χ4v) is 3.76. The van der Waals surface area contributed by atoms with Crippen LogP contribution in [-0.4, -0.2) is 52.8 Å². The van der Waals surface area contributed by atoms with Crippen molar-refractivity contribution in [2.24, 2.45) is 0 Å². The van der Waals surface area contributed by atoms with Gasteiger partial charge in [0.1, 0.15) is 6.54 Å². The molecule has 0 saturated carbocycles. The zero-order valence-corrected chi connectivity index (χ0v) is 17.5. The van der Waals surface area contributed by atoms with Crippen LogP contribution in [0.25, 0.3) is 0 Å². The Morgan fingerprint density at radius 3 is 2.72 bits per heavy atom. The maximum atomic E-state index is 13.2. The monoisotopic (exact) mass is 416 g/mol. The minimum absolute atomic E-state index is 0.0819. The molecule has 2 N–H and O–H groups in total. The van der Waals surface area contributed by atoms with Crippen LogP contribution in [0.1, 0.15) is 32.4 Å². The molecule has 1 aromatic carbocycles. The smallest absolute Gasteiger partial charge is 0.322 e. The van der Waals surface area contributed by atoms with E-state index in [0.29, 0.717) is 21.9 Å². The molecule has 2 aliphatic heterocycles. The highest BCUT2D eigenvalue weighted by molar-refractivity contribution is 6.30. The third-order valence-corrected chi connectivity index (χ3v) is 4.87. The molecule has 4 amide bonds. The summed E-state index contributed by atoms with van der Waals surface area (Å²) in [5, 5.41) is 6.26. The van der Waals surface area contributed by atoms with E-state index in [2.05, 4.69) is 17.2 Å². The highest BCUT2D eigenvalue weighted by atomic mass is 35.5. The van der Waals surface area contributed by atoms with Crippen molar-refractivity contribution in [3.05, 3.63) is 58.8 Å². The third-order valence-electron chi connectivity index (χ3n) is 4.64. The number of halogens is 1. The van der Waals surface area contributed by atoms with Crippen molar-refractivity contribution in [3.8, 4) is 0 Å². The predicted octanol–water partition coefficient (Wildman–Crippen LogP) is 2.60. The SMILES string of the molecule is C=CCN1C(=O)N[C@H](c2cccc(Cl)c2)C2=C1CN(CC(=O)NC(C)(C)C)C2=O. The number of hydrogen-bond acceptors (Lipinski definition) is 3. The van der Waals surface area contributed by atoms with Gasteiger partial charge in [0.2, 0.25) is 5.91 Å². The van der Waals surface area contributed by atoms with Gasteiger partial charge in [-0.3, -0.25) is 14.5 Å². The molecule has 7 nitrogen and oxygen atoms in total. The summed E-state index contributed by atoms with van der Waals surface area (Å²) >= 11 is 6.12. The van der Waals surface area contributed by atoms with E-state index in [1.54, 1.807) is 24.3 Å². The summed E-state index contributed by atoms with van der Waals surface area (Å²) in [4.78, 5) is 41.3. The second kappa shape index (κ2) is 7.91. The Morgan fingerprint density at radius 1 is 1.38 bits per heavy atom. The minimum atomic E-state index is -0.625. The Hall–Kier alpha value is -2.80. The van der Waals surface area contributed by atoms with Crippen LogP contribution in [0.2, 0.25) is 5.02 Å². The number of benzene rings is 1. The van der Waals surface area contributed by atoms with Crippen molar-refractivity contribution in [2.45, 2.75) is 32.4 Å². The molecule has 29 heavy (non-hydrogen) atoms. The van der Waals surface area contributed by atoms with Gasteiger partial charge >= 0.3 is 6.03 Å². The molecule has 3 rings (SSSR count). The first-order valence-electron chi connectivity index (χ1n) is 9.38. The molecule has 8 heteroatoms. The first kappa shape index (κ1) is 20.9. The molecule has 0 aliphatic carbocycles. The van der Waals surface area contributed by atoms with Crippen LogP contribution in [0.5, 0.6) is 0 Å². The molecule has 1 aromatic rings. The molecule has 1 atom stereocenters. The quantitative estimate of drug-likeness (QED) is 0.724. The summed E-state index contributed by atoms with van der Waals surface area (Å²) in [5.74, 6) is -0.525. The van der Waals surface area contributed by atoms with Crippen molar-refractivity contribution in [1.82, 2.24) is 20.4 Å². The van der Waals surface area contributed by atoms with Gasteiger partial charge < -0.3 is 15.5 Å². The number of rotatable bonds is 5. The van der Waals surface area contributed by atoms with E-state index in [0.717, 1.165) is 0 Å². The summed E-state index contributed by atoms with van der Waals surface area (Å²) in [6.45, 7) is 9.70. The van der Waals surface area contributed by atoms with E-state index in [4.69, 9.17) is 11.6 Å². The molecule has 2 heterocycles. The van der Waals surface area contributed by atoms with Gasteiger partial charge in [-0.1, -0.05) is 29.8 Å². The second-order valence-electron chi connectivity index (χ2n) is 8.16. The fraction of sp³-hybridized carbons (Fsp3) is 0.381. The van der Waals surface area contributed by atoms with Gasteiger partial charge in [-0.2, -0.15) is 0 Å². The normalized spacial score (nSPS) is 19.2. The summed E-state index contributed by atoms with van der Waals surface area (Å²) < 4.78 is 0. The lowest BCUT2D eigenvalue weighted by Crippen LogP contribution is -2.47. The minimum Gasteiger partial charge on any atom is -0.350 e. The van der Waals surface area contributed by atoms with Crippen LogP contribution < -0.4 is 10.6 Å². The fourth-order valence-electron chi connectivity index (χ4n) is 3.57. The van der Waals surface area contributed by atoms with Gasteiger partial charge in [-0.05, 0) is 38.5 Å². The number of carbonyl (C=O) groups excluding carboxylic acids is 3. The number of carbonyl (C=O) groups is 3. The molecule has 0 bridgehead atoms. The lowest BCUT2D eigenvalue weighted by Gasteiger charge is -2.33. The number of hydrogen-bond donors (Lipinski definition) is 2. The molecular formula is C21H25ClN4O3. The van der Waals surface area contributed by atoms with Crippen molar-refractivity contribution < 1.29 is 14.4 Å². The first-order chi connectivity index (χ1) is 13.6. The topological polar surface area (TPSA) is 81.8 Å². The maximum Gasteiger partial charge on any atom is 0.322 e. The van der Waals surface area contributed by atoms with E-state index in [1.165, 1.54) is 9.80 Å². The van der Waals surface area contributed by atoms with Gasteiger partial charge in [-0.25, -0.2) is 4.79 Å². The number of nitrogens with one attached hydrogen (secondary N) is 2. The lowest BCUT2D eigenvalue weighted by atomic mass is 9.95. The van der Waals surface area contributed by atoms with Crippen molar-refractivity contribution >= 4 is 29.4 Å². The predicted molar refractivity (Wildman–Crippen MR) is 111 cm³/mol. The molecule has 0 aromatic heterocycles. The Bertz CT molecular complexity index is 903. The van der Waals surface area contributed by atoms with Crippen molar-refractivity contribution in [1.29, 1.82) is 0 Å². The van der Waals surface area contributed by atoms with Crippen LogP contribution >= 0.6 is 11.6 Å². The number of amides is 4. The molecule has 0 fully saturated rings. The molecule has 0 spiro atoms. The maximum absolute atomic E-state index is 13.2. The zero-order chi connectivity index (χ0) is 21.3. The number of nitrogens with zero attached hydrogens (tertiary/aromatic N) is 2. The van der Waals surface area contributed by atoms with E-state index in [9.17, 15) is 14.4 Å². The third kappa shape index (κ3) is 4.45. The molecule has 2 aliphatic rings. The Balaban J connectivity index is 1.93. The average molecular weight is 417 g/mol. The van der Waals surface area contributed by atoms with Gasteiger partial charge in [0, 0.05) is 17.1 Å². The lowest BCUT2D eigenvalue weighted by molar-refractivity contribution is -0.132. The van der Waals surface area contributed by atoms with Crippen LogP contribution in [0.3, 0.4) is 0 Å². The van der Waals surface area contributed by atoms with Gasteiger partial charge in [0.25, 0.3) is 5.91 Å². The van der Waals surface area contributed by atoms with Crippen LogP contribution in [0.4, 0.5) is 4.79 Å². The summed E-state index contributed by atoms with van der Waals surface area (Å²) in [7, 11) is 0. The second-order valence-corrected chi connectivity index (χ2v) is 8.59. The molecule has 0 unspecified atom stereocenters. The largest absolute Gasteiger partial charge is 0.350 e. The highest BCUT2D eigenvalue weighted by Gasteiger charge is 2.44. The highest BCUT2D eigenvalue weighted by Crippen LogP contribution is 2.36. The van der Waals surface area contributed by atoms with Crippen LogP contribution in [0, 0.1) is 0 Å². The molecular weight excluding hydrogens is 392 g/mol.